The van der Waals surface area contributed by atoms with E-state index in [9.17, 15) is 18.3 Å². The predicted molar refractivity (Wildman–Crippen MR) is 59.4 cm³/mol. The van der Waals surface area contributed by atoms with Crippen molar-refractivity contribution >= 4 is 0 Å². The Bertz CT molecular complexity index is 586. The molecule has 2 aromatic rings. The Morgan fingerprint density at radius 3 is 2.39 bits per heavy atom. The van der Waals surface area contributed by atoms with E-state index in [0.29, 0.717) is 23.3 Å². The third kappa shape index (κ3) is 2.22. The maximum absolute atomic E-state index is 13.5. The van der Waals surface area contributed by atoms with Gasteiger partial charge in [-0.1, -0.05) is 0 Å². The van der Waals surface area contributed by atoms with Gasteiger partial charge in [-0.25, -0.2) is 13.2 Å². The summed E-state index contributed by atoms with van der Waals surface area (Å²) in [6.45, 7) is 1.71. The number of halogens is 3. The summed E-state index contributed by atoms with van der Waals surface area (Å²) >= 11 is 0. The second kappa shape index (κ2) is 4.78. The van der Waals surface area contributed by atoms with Crippen molar-refractivity contribution in [2.75, 3.05) is 0 Å². The van der Waals surface area contributed by atoms with Crippen molar-refractivity contribution in [2.45, 2.75) is 13.0 Å². The summed E-state index contributed by atoms with van der Waals surface area (Å²) in [5.74, 6) is -3.48. The molecule has 1 heterocycles. The van der Waals surface area contributed by atoms with Crippen LogP contribution in [-0.4, -0.2) is 10.1 Å². The first-order valence-electron chi connectivity index (χ1n) is 5.23. The fourth-order valence-electron chi connectivity index (χ4n) is 1.68. The van der Waals surface area contributed by atoms with Gasteiger partial charge in [0.2, 0.25) is 0 Å². The molecular formula is C13H10F3NO. The molecule has 2 nitrogen and oxygen atoms in total. The molecule has 0 bridgehead atoms. The highest BCUT2D eigenvalue weighted by atomic mass is 19.2. The molecule has 1 atom stereocenters. The van der Waals surface area contributed by atoms with Gasteiger partial charge in [0.25, 0.3) is 0 Å². The van der Waals surface area contributed by atoms with Crippen LogP contribution in [0.4, 0.5) is 13.2 Å². The van der Waals surface area contributed by atoms with Crippen LogP contribution in [-0.2, 0) is 0 Å². The zero-order valence-electron chi connectivity index (χ0n) is 9.49. The molecule has 5 heteroatoms. The van der Waals surface area contributed by atoms with E-state index in [1.807, 2.05) is 0 Å². The zero-order chi connectivity index (χ0) is 13.3. The molecule has 0 aliphatic carbocycles. The van der Waals surface area contributed by atoms with E-state index in [2.05, 4.69) is 4.98 Å². The van der Waals surface area contributed by atoms with Gasteiger partial charge >= 0.3 is 0 Å². The Morgan fingerprint density at radius 2 is 1.72 bits per heavy atom. The average Bonchev–Trinajstić information content (AvgIpc) is 2.33. The molecule has 1 aromatic heterocycles. The fourth-order valence-corrected chi connectivity index (χ4v) is 1.68. The van der Waals surface area contributed by atoms with Crippen molar-refractivity contribution in [2.24, 2.45) is 0 Å². The lowest BCUT2D eigenvalue weighted by Crippen LogP contribution is -2.06. The summed E-state index contributed by atoms with van der Waals surface area (Å²) in [6, 6.07) is 2.71. The van der Waals surface area contributed by atoms with Crippen molar-refractivity contribution in [3.8, 4) is 0 Å². The number of aliphatic hydroxyl groups excluding tert-OH is 1. The molecule has 1 N–H and O–H groups in total. The van der Waals surface area contributed by atoms with Gasteiger partial charge in [-0.05, 0) is 24.6 Å². The lowest BCUT2D eigenvalue weighted by molar-refractivity contribution is 0.212. The van der Waals surface area contributed by atoms with Crippen LogP contribution in [0.2, 0.25) is 0 Å². The van der Waals surface area contributed by atoms with E-state index >= 15 is 0 Å². The minimum absolute atomic E-state index is 0.315. The van der Waals surface area contributed by atoms with Gasteiger partial charge in [0, 0.05) is 29.6 Å². The zero-order valence-corrected chi connectivity index (χ0v) is 9.49. The van der Waals surface area contributed by atoms with Gasteiger partial charge in [-0.15, -0.1) is 0 Å². The molecule has 0 spiro atoms. The molecule has 0 fully saturated rings. The standard InChI is InChI=1S/C13H10F3NO/c1-7-2-3-17-6-9(7)13(18)8-4-11(15)12(16)5-10(8)14/h2-6,13,18H,1H3. The summed E-state index contributed by atoms with van der Waals surface area (Å²) in [6.07, 6.45) is 1.50. The monoisotopic (exact) mass is 253 g/mol. The van der Waals surface area contributed by atoms with Crippen LogP contribution in [0, 0.1) is 24.4 Å². The normalized spacial score (nSPS) is 12.5. The molecule has 0 saturated heterocycles. The number of hydrogen-bond acceptors (Lipinski definition) is 2. The lowest BCUT2D eigenvalue weighted by atomic mass is 9.99. The molecule has 0 radical (unpaired) electrons. The molecule has 2 rings (SSSR count). The topological polar surface area (TPSA) is 33.1 Å². The maximum Gasteiger partial charge on any atom is 0.161 e. The number of aromatic nitrogens is 1. The third-order valence-electron chi connectivity index (χ3n) is 2.71. The molecule has 0 aliphatic rings. The first-order chi connectivity index (χ1) is 8.50. The highest BCUT2D eigenvalue weighted by molar-refractivity contribution is 5.34. The number of benzene rings is 1. The van der Waals surface area contributed by atoms with Crippen molar-refractivity contribution in [3.63, 3.8) is 0 Å². The second-order valence-electron chi connectivity index (χ2n) is 3.92. The summed E-state index contributed by atoms with van der Waals surface area (Å²) in [4.78, 5) is 3.81. The highest BCUT2D eigenvalue weighted by Gasteiger charge is 2.19. The fraction of sp³-hybridized carbons (Fsp3) is 0.154. The van der Waals surface area contributed by atoms with Crippen molar-refractivity contribution in [3.05, 3.63) is 64.7 Å². The molecule has 0 saturated carbocycles. The largest absolute Gasteiger partial charge is 0.383 e. The number of aliphatic hydroxyl groups is 1. The van der Waals surface area contributed by atoms with Gasteiger partial charge in [0.15, 0.2) is 11.6 Å². The Labute approximate surface area is 102 Å². The van der Waals surface area contributed by atoms with Crippen LogP contribution in [0.1, 0.15) is 22.8 Å². The molecule has 0 aliphatic heterocycles. The number of aryl methyl sites for hydroxylation is 1. The van der Waals surface area contributed by atoms with Gasteiger partial charge in [-0.2, -0.15) is 0 Å². The average molecular weight is 253 g/mol. The van der Waals surface area contributed by atoms with Crippen molar-refractivity contribution in [1.82, 2.24) is 4.98 Å². The Morgan fingerprint density at radius 1 is 1.06 bits per heavy atom. The van der Waals surface area contributed by atoms with Crippen LogP contribution in [0.3, 0.4) is 0 Å². The van der Waals surface area contributed by atoms with E-state index in [-0.39, 0.29) is 5.56 Å². The molecule has 94 valence electrons. The molecule has 1 unspecified atom stereocenters. The number of nitrogens with zero attached hydrogens (tertiary/aromatic N) is 1. The molecule has 0 amide bonds. The minimum Gasteiger partial charge on any atom is -0.383 e. The number of hydrogen-bond donors (Lipinski definition) is 1. The van der Waals surface area contributed by atoms with Crippen LogP contribution >= 0.6 is 0 Å². The van der Waals surface area contributed by atoms with Gasteiger partial charge < -0.3 is 5.11 Å². The first-order valence-corrected chi connectivity index (χ1v) is 5.23. The quantitative estimate of drug-likeness (QED) is 0.835. The second-order valence-corrected chi connectivity index (χ2v) is 3.92. The van der Waals surface area contributed by atoms with Crippen molar-refractivity contribution < 1.29 is 18.3 Å². The van der Waals surface area contributed by atoms with Crippen LogP contribution in [0.5, 0.6) is 0 Å². The van der Waals surface area contributed by atoms with E-state index in [1.54, 1.807) is 13.0 Å². The van der Waals surface area contributed by atoms with Gasteiger partial charge in [0.05, 0.1) is 0 Å². The molecular weight excluding hydrogens is 243 g/mol. The smallest absolute Gasteiger partial charge is 0.161 e. The summed E-state index contributed by atoms with van der Waals surface area (Å²) in [5.41, 5.74) is 0.717. The predicted octanol–water partition coefficient (Wildman–Crippen LogP) is 2.89. The summed E-state index contributed by atoms with van der Waals surface area (Å²) < 4.78 is 39.4. The molecule has 18 heavy (non-hydrogen) atoms. The number of pyridine rings is 1. The lowest BCUT2D eigenvalue weighted by Gasteiger charge is -2.14. The summed E-state index contributed by atoms with van der Waals surface area (Å²) in [5, 5.41) is 10.00. The Kier molecular flexibility index (Phi) is 3.34. The Balaban J connectivity index is 2.50. The van der Waals surface area contributed by atoms with Crippen LogP contribution in [0.15, 0.2) is 30.6 Å². The highest BCUT2D eigenvalue weighted by Crippen LogP contribution is 2.27. The summed E-state index contributed by atoms with van der Waals surface area (Å²) in [7, 11) is 0. The van der Waals surface area contributed by atoms with Crippen molar-refractivity contribution in [1.29, 1.82) is 0 Å². The maximum atomic E-state index is 13.5. The van der Waals surface area contributed by atoms with Gasteiger partial charge in [-0.3, -0.25) is 4.98 Å². The van der Waals surface area contributed by atoms with Gasteiger partial charge in [0.1, 0.15) is 11.9 Å². The molecule has 1 aromatic carbocycles. The minimum atomic E-state index is -1.38. The Hall–Kier alpha value is -1.88. The van der Waals surface area contributed by atoms with Crippen LogP contribution < -0.4 is 0 Å². The van der Waals surface area contributed by atoms with E-state index in [1.165, 1.54) is 12.4 Å². The van der Waals surface area contributed by atoms with E-state index in [0.717, 1.165) is 0 Å². The third-order valence-corrected chi connectivity index (χ3v) is 2.71. The van der Waals surface area contributed by atoms with E-state index in [4.69, 9.17) is 0 Å². The SMILES string of the molecule is Cc1ccncc1C(O)c1cc(F)c(F)cc1F. The number of rotatable bonds is 2. The first kappa shape index (κ1) is 12.6. The van der Waals surface area contributed by atoms with E-state index < -0.39 is 23.6 Å². The van der Waals surface area contributed by atoms with Crippen LogP contribution in [0.25, 0.3) is 0 Å².